The number of hydrogen-bond acceptors (Lipinski definition) is 1. The Balaban J connectivity index is 1.61. The minimum Gasteiger partial charge on any atom is -0.203 e. The van der Waals surface area contributed by atoms with Crippen LogP contribution in [0.25, 0.3) is 21.6 Å². The molecule has 0 N–H and O–H groups in total. The van der Waals surface area contributed by atoms with Crippen molar-refractivity contribution in [2.75, 3.05) is 0 Å². The normalized spacial score (nSPS) is 14.4. The largest absolute Gasteiger partial charge is 0.203 e. The van der Waals surface area contributed by atoms with Gasteiger partial charge in [0.05, 0.1) is 0 Å². The summed E-state index contributed by atoms with van der Waals surface area (Å²) in [6.45, 7) is 2.06. The van der Waals surface area contributed by atoms with Gasteiger partial charge < -0.3 is 0 Å². The standard InChI is InChI=1S/C23H22F2S/c1-2-18-10-13-21(26-18)20-12-11-19(22(24)23(20)25)17-8-6-16(7-9-17)14-15-4-3-5-15/h6-13,15H,2-5,14H2,1H3. The van der Waals surface area contributed by atoms with Gasteiger partial charge in [-0.25, -0.2) is 8.78 Å². The Kier molecular flexibility index (Phi) is 4.90. The monoisotopic (exact) mass is 368 g/mol. The van der Waals surface area contributed by atoms with Gasteiger partial charge in [0, 0.05) is 20.9 Å². The zero-order valence-electron chi connectivity index (χ0n) is 14.9. The van der Waals surface area contributed by atoms with Gasteiger partial charge in [-0.05, 0) is 48.1 Å². The molecule has 1 aromatic heterocycles. The highest BCUT2D eigenvalue weighted by Crippen LogP contribution is 2.35. The molecule has 0 radical (unpaired) electrons. The highest BCUT2D eigenvalue weighted by molar-refractivity contribution is 7.15. The first kappa shape index (κ1) is 17.4. The van der Waals surface area contributed by atoms with E-state index in [0.717, 1.165) is 29.2 Å². The van der Waals surface area contributed by atoms with Crippen molar-refractivity contribution in [1.82, 2.24) is 0 Å². The Hall–Kier alpha value is -2.00. The van der Waals surface area contributed by atoms with Crippen LogP contribution in [0.15, 0.2) is 48.5 Å². The van der Waals surface area contributed by atoms with Gasteiger partial charge in [-0.15, -0.1) is 11.3 Å². The number of hydrogen-bond donors (Lipinski definition) is 0. The molecule has 26 heavy (non-hydrogen) atoms. The first-order valence-electron chi connectivity index (χ1n) is 9.32. The molecule has 0 bridgehead atoms. The molecular formula is C23H22F2S. The van der Waals surface area contributed by atoms with Gasteiger partial charge >= 0.3 is 0 Å². The van der Waals surface area contributed by atoms with Crippen molar-refractivity contribution in [2.24, 2.45) is 5.92 Å². The van der Waals surface area contributed by atoms with E-state index in [1.807, 2.05) is 36.4 Å². The van der Waals surface area contributed by atoms with E-state index >= 15 is 0 Å². The molecule has 3 aromatic rings. The summed E-state index contributed by atoms with van der Waals surface area (Å²) >= 11 is 1.52. The summed E-state index contributed by atoms with van der Waals surface area (Å²) in [6.07, 6.45) is 5.95. The van der Waals surface area contributed by atoms with E-state index in [9.17, 15) is 8.78 Å². The maximum atomic E-state index is 14.7. The summed E-state index contributed by atoms with van der Waals surface area (Å²) in [5.41, 5.74) is 2.68. The molecular weight excluding hydrogens is 346 g/mol. The Morgan fingerprint density at radius 2 is 1.58 bits per heavy atom. The van der Waals surface area contributed by atoms with E-state index in [1.165, 1.54) is 41.0 Å². The second-order valence-electron chi connectivity index (χ2n) is 7.11. The van der Waals surface area contributed by atoms with Crippen molar-refractivity contribution in [1.29, 1.82) is 0 Å². The maximum absolute atomic E-state index is 14.7. The number of thiophene rings is 1. The van der Waals surface area contributed by atoms with Crippen LogP contribution in [0.5, 0.6) is 0 Å². The van der Waals surface area contributed by atoms with Gasteiger partial charge in [0.25, 0.3) is 0 Å². The van der Waals surface area contributed by atoms with Crippen LogP contribution >= 0.6 is 11.3 Å². The van der Waals surface area contributed by atoms with E-state index < -0.39 is 11.6 Å². The maximum Gasteiger partial charge on any atom is 0.168 e. The van der Waals surface area contributed by atoms with Crippen molar-refractivity contribution in [2.45, 2.75) is 39.0 Å². The van der Waals surface area contributed by atoms with Gasteiger partial charge in [-0.2, -0.15) is 0 Å². The lowest BCUT2D eigenvalue weighted by molar-refractivity contribution is 0.314. The fourth-order valence-electron chi connectivity index (χ4n) is 3.53. The third-order valence-electron chi connectivity index (χ3n) is 5.37. The van der Waals surface area contributed by atoms with Crippen LogP contribution in [0.1, 0.15) is 36.6 Å². The Labute approximate surface area is 157 Å². The van der Waals surface area contributed by atoms with Crippen molar-refractivity contribution in [3.05, 3.63) is 70.6 Å². The van der Waals surface area contributed by atoms with E-state index in [0.29, 0.717) is 11.1 Å². The van der Waals surface area contributed by atoms with Crippen molar-refractivity contribution in [3.8, 4) is 21.6 Å². The fourth-order valence-corrected chi connectivity index (χ4v) is 4.49. The molecule has 2 aromatic carbocycles. The molecule has 1 aliphatic rings. The zero-order chi connectivity index (χ0) is 18.1. The minimum absolute atomic E-state index is 0.328. The first-order chi connectivity index (χ1) is 12.7. The minimum atomic E-state index is -0.763. The van der Waals surface area contributed by atoms with Crippen LogP contribution in [0.2, 0.25) is 0 Å². The molecule has 1 fully saturated rings. The second kappa shape index (κ2) is 7.32. The van der Waals surface area contributed by atoms with Crippen LogP contribution in [-0.4, -0.2) is 0 Å². The van der Waals surface area contributed by atoms with Crippen molar-refractivity contribution in [3.63, 3.8) is 0 Å². The molecule has 1 aliphatic carbocycles. The number of halogens is 2. The molecule has 134 valence electrons. The van der Waals surface area contributed by atoms with Gasteiger partial charge in [-0.3, -0.25) is 0 Å². The highest BCUT2D eigenvalue weighted by Gasteiger charge is 2.19. The number of benzene rings is 2. The van der Waals surface area contributed by atoms with Gasteiger partial charge in [-0.1, -0.05) is 56.5 Å². The molecule has 1 heterocycles. The number of rotatable bonds is 5. The molecule has 0 atom stereocenters. The van der Waals surface area contributed by atoms with Crippen LogP contribution in [0.3, 0.4) is 0 Å². The van der Waals surface area contributed by atoms with Crippen LogP contribution in [0, 0.1) is 17.6 Å². The lowest BCUT2D eigenvalue weighted by Gasteiger charge is -2.25. The third kappa shape index (κ3) is 3.33. The van der Waals surface area contributed by atoms with Crippen molar-refractivity contribution < 1.29 is 8.78 Å². The van der Waals surface area contributed by atoms with Gasteiger partial charge in [0.15, 0.2) is 11.6 Å². The van der Waals surface area contributed by atoms with Crippen LogP contribution < -0.4 is 0 Å². The highest BCUT2D eigenvalue weighted by atomic mass is 32.1. The smallest absolute Gasteiger partial charge is 0.168 e. The topological polar surface area (TPSA) is 0 Å². The molecule has 1 saturated carbocycles. The SMILES string of the molecule is CCc1ccc(-c2ccc(-c3ccc(CC4CCC4)cc3)c(F)c2F)s1. The molecule has 0 saturated heterocycles. The van der Waals surface area contributed by atoms with Crippen molar-refractivity contribution >= 4 is 11.3 Å². The predicted molar refractivity (Wildman–Crippen MR) is 106 cm³/mol. The van der Waals surface area contributed by atoms with E-state index in [4.69, 9.17) is 0 Å². The summed E-state index contributed by atoms with van der Waals surface area (Å²) in [4.78, 5) is 1.95. The lowest BCUT2D eigenvalue weighted by atomic mass is 9.81. The molecule has 0 unspecified atom stereocenters. The Morgan fingerprint density at radius 3 is 2.19 bits per heavy atom. The first-order valence-corrected chi connectivity index (χ1v) is 10.1. The number of aryl methyl sites for hydroxylation is 1. The summed E-state index contributed by atoms with van der Waals surface area (Å²) in [5, 5.41) is 0. The van der Waals surface area contributed by atoms with E-state index in [1.54, 1.807) is 12.1 Å². The summed E-state index contributed by atoms with van der Waals surface area (Å²) < 4.78 is 29.4. The predicted octanol–water partition coefficient (Wildman–Crippen LogP) is 7.27. The molecule has 0 spiro atoms. The van der Waals surface area contributed by atoms with Gasteiger partial charge in [0.2, 0.25) is 0 Å². The molecule has 0 aliphatic heterocycles. The molecule has 3 heteroatoms. The Morgan fingerprint density at radius 1 is 0.885 bits per heavy atom. The Bertz CT molecular complexity index is 904. The molecule has 0 nitrogen and oxygen atoms in total. The third-order valence-corrected chi connectivity index (χ3v) is 6.63. The van der Waals surface area contributed by atoms with E-state index in [-0.39, 0.29) is 0 Å². The van der Waals surface area contributed by atoms with E-state index in [2.05, 4.69) is 6.92 Å². The zero-order valence-corrected chi connectivity index (χ0v) is 15.7. The van der Waals surface area contributed by atoms with Crippen LogP contribution in [0.4, 0.5) is 8.78 Å². The summed E-state index contributed by atoms with van der Waals surface area (Å²) in [6, 6.07) is 15.2. The average molecular weight is 368 g/mol. The summed E-state index contributed by atoms with van der Waals surface area (Å²) in [7, 11) is 0. The average Bonchev–Trinajstić information content (AvgIpc) is 3.10. The van der Waals surface area contributed by atoms with Crippen LogP contribution in [-0.2, 0) is 12.8 Å². The quantitative estimate of drug-likeness (QED) is 0.444. The molecule has 0 amide bonds. The fraction of sp³-hybridized carbons (Fsp3) is 0.304. The second-order valence-corrected chi connectivity index (χ2v) is 8.27. The molecule has 4 rings (SSSR count). The lowest BCUT2D eigenvalue weighted by Crippen LogP contribution is -2.13. The van der Waals surface area contributed by atoms with Gasteiger partial charge in [0.1, 0.15) is 0 Å². The summed E-state index contributed by atoms with van der Waals surface area (Å²) in [5.74, 6) is -0.723.